The highest BCUT2D eigenvalue weighted by atomic mass is 16.3. The Kier molecular flexibility index (Phi) is 3.02. The molecule has 19 heavy (non-hydrogen) atoms. The van der Waals surface area contributed by atoms with Gasteiger partial charge in [-0.2, -0.15) is 0 Å². The van der Waals surface area contributed by atoms with Crippen LogP contribution < -0.4 is 0 Å². The van der Waals surface area contributed by atoms with Gasteiger partial charge in [0, 0.05) is 17.1 Å². The van der Waals surface area contributed by atoms with Gasteiger partial charge in [0.1, 0.15) is 0 Å². The molecule has 2 heteroatoms. The molecule has 0 saturated carbocycles. The molecule has 0 radical (unpaired) electrons. The molecule has 2 nitrogen and oxygen atoms in total. The summed E-state index contributed by atoms with van der Waals surface area (Å²) in [6.07, 6.45) is 1.90. The quantitative estimate of drug-likeness (QED) is 0.751. The number of nitrogens with zero attached hydrogens (tertiary/aromatic N) is 1. The summed E-state index contributed by atoms with van der Waals surface area (Å²) in [6, 6.07) is 16.2. The van der Waals surface area contributed by atoms with E-state index in [1.807, 2.05) is 43.5 Å². The predicted molar refractivity (Wildman–Crippen MR) is 77.8 cm³/mol. The third-order valence-corrected chi connectivity index (χ3v) is 3.52. The monoisotopic (exact) mass is 249 g/mol. The molecule has 0 aliphatic carbocycles. The molecule has 0 aliphatic rings. The van der Waals surface area contributed by atoms with Crippen molar-refractivity contribution in [2.45, 2.75) is 13.5 Å². The molecule has 1 aromatic heterocycles. The molecule has 3 aromatic rings. The third-order valence-electron chi connectivity index (χ3n) is 3.52. The maximum Gasteiger partial charge on any atom is 0.0711 e. The van der Waals surface area contributed by atoms with E-state index in [0.29, 0.717) is 0 Å². The molecule has 1 heterocycles. The van der Waals surface area contributed by atoms with Gasteiger partial charge in [-0.25, -0.2) is 0 Å². The molecular formula is C17H15NO. The zero-order chi connectivity index (χ0) is 13.2. The van der Waals surface area contributed by atoms with Gasteiger partial charge >= 0.3 is 0 Å². The largest absolute Gasteiger partial charge is 0.392 e. The number of pyridine rings is 1. The van der Waals surface area contributed by atoms with Crippen LogP contribution in [0, 0.1) is 6.92 Å². The Morgan fingerprint density at radius 1 is 1.00 bits per heavy atom. The first kappa shape index (κ1) is 11.9. The van der Waals surface area contributed by atoms with Gasteiger partial charge < -0.3 is 5.11 Å². The van der Waals surface area contributed by atoms with Gasteiger partial charge in [0.05, 0.1) is 12.3 Å². The van der Waals surface area contributed by atoms with Crippen molar-refractivity contribution >= 4 is 10.8 Å². The van der Waals surface area contributed by atoms with Crippen molar-refractivity contribution in [2.24, 2.45) is 0 Å². The van der Waals surface area contributed by atoms with Crippen LogP contribution >= 0.6 is 0 Å². The van der Waals surface area contributed by atoms with E-state index in [9.17, 15) is 5.11 Å². The van der Waals surface area contributed by atoms with E-state index in [0.717, 1.165) is 27.8 Å². The van der Waals surface area contributed by atoms with Crippen LogP contribution in [0.15, 0.2) is 54.7 Å². The maximum absolute atomic E-state index is 9.34. The number of hydrogen-bond donors (Lipinski definition) is 1. The maximum atomic E-state index is 9.34. The van der Waals surface area contributed by atoms with E-state index in [1.54, 1.807) is 0 Å². The number of aliphatic hydroxyl groups is 1. The molecule has 0 aliphatic heterocycles. The summed E-state index contributed by atoms with van der Waals surface area (Å²) in [6.45, 7) is 2.09. The first-order valence-electron chi connectivity index (χ1n) is 6.34. The van der Waals surface area contributed by atoms with Crippen molar-refractivity contribution < 1.29 is 5.11 Å². The van der Waals surface area contributed by atoms with E-state index in [-0.39, 0.29) is 6.61 Å². The zero-order valence-electron chi connectivity index (χ0n) is 10.8. The van der Waals surface area contributed by atoms with E-state index < -0.39 is 0 Å². The lowest BCUT2D eigenvalue weighted by molar-refractivity contribution is 0.281. The van der Waals surface area contributed by atoms with Crippen LogP contribution in [0.2, 0.25) is 0 Å². The molecule has 2 aromatic carbocycles. The van der Waals surface area contributed by atoms with Gasteiger partial charge in [0.15, 0.2) is 0 Å². The Hall–Kier alpha value is -2.19. The number of aromatic nitrogens is 1. The standard InChI is InChI=1S/C17H15NO/c1-12-15(11-19)7-4-8-16(12)17-9-13-5-2-3-6-14(13)10-18-17/h2-10,19H,11H2,1H3. The molecule has 0 unspecified atom stereocenters. The van der Waals surface area contributed by atoms with Crippen molar-refractivity contribution in [2.75, 3.05) is 0 Å². The normalized spacial score (nSPS) is 10.8. The van der Waals surface area contributed by atoms with Crippen LogP contribution in [0.4, 0.5) is 0 Å². The third kappa shape index (κ3) is 2.11. The summed E-state index contributed by atoms with van der Waals surface area (Å²) < 4.78 is 0. The number of hydrogen-bond acceptors (Lipinski definition) is 2. The van der Waals surface area contributed by atoms with E-state index >= 15 is 0 Å². The second-order valence-electron chi connectivity index (χ2n) is 4.66. The lowest BCUT2D eigenvalue weighted by Gasteiger charge is -2.10. The van der Waals surface area contributed by atoms with E-state index in [4.69, 9.17) is 0 Å². The van der Waals surface area contributed by atoms with Crippen LogP contribution in [0.5, 0.6) is 0 Å². The Labute approximate surface area is 112 Å². The first-order valence-corrected chi connectivity index (χ1v) is 6.34. The minimum Gasteiger partial charge on any atom is -0.392 e. The Bertz CT molecular complexity index is 734. The second-order valence-corrected chi connectivity index (χ2v) is 4.66. The fraction of sp³-hybridized carbons (Fsp3) is 0.118. The minimum atomic E-state index is 0.0628. The summed E-state index contributed by atoms with van der Waals surface area (Å²) in [5.41, 5.74) is 4.07. The number of benzene rings is 2. The first-order chi connectivity index (χ1) is 9.29. The van der Waals surface area contributed by atoms with Gasteiger partial charge in [-0.05, 0) is 29.5 Å². The van der Waals surface area contributed by atoms with Crippen molar-refractivity contribution in [3.05, 3.63) is 65.9 Å². The Morgan fingerprint density at radius 2 is 1.79 bits per heavy atom. The van der Waals surface area contributed by atoms with Crippen molar-refractivity contribution in [1.29, 1.82) is 0 Å². The molecule has 0 spiro atoms. The molecule has 0 atom stereocenters. The molecule has 1 N–H and O–H groups in total. The molecule has 94 valence electrons. The topological polar surface area (TPSA) is 33.1 Å². The molecule has 0 fully saturated rings. The SMILES string of the molecule is Cc1c(CO)cccc1-c1cc2ccccc2cn1. The number of aliphatic hydroxyl groups excluding tert-OH is 1. The van der Waals surface area contributed by atoms with Crippen LogP contribution in [0.1, 0.15) is 11.1 Å². The average Bonchev–Trinajstić information content (AvgIpc) is 2.47. The minimum absolute atomic E-state index is 0.0628. The summed E-state index contributed by atoms with van der Waals surface area (Å²) in [5.74, 6) is 0. The lowest BCUT2D eigenvalue weighted by atomic mass is 9.99. The molecule has 3 rings (SSSR count). The van der Waals surface area contributed by atoms with E-state index in [1.165, 1.54) is 5.39 Å². The highest BCUT2D eigenvalue weighted by Gasteiger charge is 2.07. The van der Waals surface area contributed by atoms with E-state index in [2.05, 4.69) is 23.2 Å². The highest BCUT2D eigenvalue weighted by molar-refractivity contribution is 5.85. The highest BCUT2D eigenvalue weighted by Crippen LogP contribution is 2.26. The number of rotatable bonds is 2. The van der Waals surface area contributed by atoms with Gasteiger partial charge in [0.2, 0.25) is 0 Å². The van der Waals surface area contributed by atoms with Crippen LogP contribution in [-0.2, 0) is 6.61 Å². The van der Waals surface area contributed by atoms with Crippen molar-refractivity contribution in [3.8, 4) is 11.3 Å². The molecule has 0 saturated heterocycles. The summed E-state index contributed by atoms with van der Waals surface area (Å²) in [4.78, 5) is 4.53. The van der Waals surface area contributed by atoms with Gasteiger partial charge in [-0.1, -0.05) is 42.5 Å². The average molecular weight is 249 g/mol. The molecule has 0 amide bonds. The van der Waals surface area contributed by atoms with Crippen LogP contribution in [0.3, 0.4) is 0 Å². The van der Waals surface area contributed by atoms with Gasteiger partial charge in [-0.15, -0.1) is 0 Å². The smallest absolute Gasteiger partial charge is 0.0711 e. The number of fused-ring (bicyclic) bond motifs is 1. The van der Waals surface area contributed by atoms with Gasteiger partial charge in [0.25, 0.3) is 0 Å². The molecular weight excluding hydrogens is 234 g/mol. The summed E-state index contributed by atoms with van der Waals surface area (Å²) in [7, 11) is 0. The van der Waals surface area contributed by atoms with Gasteiger partial charge in [-0.3, -0.25) is 4.98 Å². The second kappa shape index (κ2) is 4.82. The van der Waals surface area contributed by atoms with Crippen molar-refractivity contribution in [1.82, 2.24) is 4.98 Å². The summed E-state index contributed by atoms with van der Waals surface area (Å²) >= 11 is 0. The van der Waals surface area contributed by atoms with Crippen LogP contribution in [0.25, 0.3) is 22.0 Å². The fourth-order valence-corrected chi connectivity index (χ4v) is 2.36. The zero-order valence-corrected chi connectivity index (χ0v) is 10.8. The molecule has 0 bridgehead atoms. The lowest BCUT2D eigenvalue weighted by Crippen LogP contribution is -1.93. The Morgan fingerprint density at radius 3 is 2.58 bits per heavy atom. The summed E-state index contributed by atoms with van der Waals surface area (Å²) in [5, 5.41) is 11.7. The van der Waals surface area contributed by atoms with Crippen molar-refractivity contribution in [3.63, 3.8) is 0 Å². The predicted octanol–water partition coefficient (Wildman–Crippen LogP) is 3.70. The fourth-order valence-electron chi connectivity index (χ4n) is 2.36. The van der Waals surface area contributed by atoms with Crippen LogP contribution in [-0.4, -0.2) is 10.1 Å². The Balaban J connectivity index is 2.19.